The molecule has 1 aliphatic rings. The molecule has 1 fully saturated rings. The van der Waals surface area contributed by atoms with Crippen molar-refractivity contribution in [1.29, 1.82) is 0 Å². The van der Waals surface area contributed by atoms with Crippen LogP contribution in [0.3, 0.4) is 0 Å². The van der Waals surface area contributed by atoms with Gasteiger partial charge in [0.2, 0.25) is 11.8 Å². The third kappa shape index (κ3) is 5.79. The Labute approximate surface area is 194 Å². The fourth-order valence-corrected chi connectivity index (χ4v) is 4.26. The summed E-state index contributed by atoms with van der Waals surface area (Å²) in [7, 11) is 1.60. The molecule has 4 rings (SSSR count). The van der Waals surface area contributed by atoms with E-state index in [1.807, 2.05) is 78.9 Å². The highest BCUT2D eigenvalue weighted by atomic mass is 16.5. The number of carbonyl (C=O) groups excluding carboxylic acids is 2. The molecular formula is C27H29N3O3. The van der Waals surface area contributed by atoms with Crippen molar-refractivity contribution in [3.8, 4) is 5.75 Å². The molecule has 1 saturated heterocycles. The average Bonchev–Trinajstić information content (AvgIpc) is 2.86. The summed E-state index contributed by atoms with van der Waals surface area (Å²) in [6.07, 6.45) is 1.41. The molecule has 1 heterocycles. The van der Waals surface area contributed by atoms with Crippen LogP contribution >= 0.6 is 0 Å². The molecule has 1 atom stereocenters. The number of ether oxygens (including phenoxy) is 1. The zero-order chi connectivity index (χ0) is 23.0. The first-order valence-corrected chi connectivity index (χ1v) is 11.2. The van der Waals surface area contributed by atoms with E-state index in [0.717, 1.165) is 11.3 Å². The van der Waals surface area contributed by atoms with Gasteiger partial charge in [-0.05, 0) is 55.8 Å². The second kappa shape index (κ2) is 10.8. The highest BCUT2D eigenvalue weighted by molar-refractivity contribution is 5.96. The molecule has 2 N–H and O–H groups in total. The van der Waals surface area contributed by atoms with Crippen LogP contribution in [0.4, 0.5) is 11.4 Å². The van der Waals surface area contributed by atoms with E-state index in [4.69, 9.17) is 4.74 Å². The van der Waals surface area contributed by atoms with E-state index < -0.39 is 6.04 Å². The summed E-state index contributed by atoms with van der Waals surface area (Å²) in [5, 5.41) is 6.04. The zero-order valence-corrected chi connectivity index (χ0v) is 18.7. The normalized spacial score (nSPS) is 15.4. The van der Waals surface area contributed by atoms with E-state index in [9.17, 15) is 9.59 Å². The Balaban J connectivity index is 1.44. The lowest BCUT2D eigenvalue weighted by Gasteiger charge is -2.36. The van der Waals surface area contributed by atoms with Crippen molar-refractivity contribution in [3.63, 3.8) is 0 Å². The monoisotopic (exact) mass is 443 g/mol. The molecule has 0 radical (unpaired) electrons. The predicted molar refractivity (Wildman–Crippen MR) is 130 cm³/mol. The van der Waals surface area contributed by atoms with Gasteiger partial charge in [0.25, 0.3) is 0 Å². The van der Waals surface area contributed by atoms with Gasteiger partial charge in [-0.1, -0.05) is 54.6 Å². The predicted octanol–water partition coefficient (Wildman–Crippen LogP) is 4.73. The van der Waals surface area contributed by atoms with Crippen molar-refractivity contribution in [1.82, 2.24) is 4.90 Å². The van der Waals surface area contributed by atoms with Crippen molar-refractivity contribution in [2.45, 2.75) is 18.9 Å². The molecule has 2 amide bonds. The second-order valence-corrected chi connectivity index (χ2v) is 8.20. The van der Waals surface area contributed by atoms with Gasteiger partial charge < -0.3 is 15.4 Å². The maximum Gasteiger partial charge on any atom is 0.246 e. The molecule has 0 aliphatic carbocycles. The summed E-state index contributed by atoms with van der Waals surface area (Å²) in [6, 6.07) is 26.2. The summed E-state index contributed by atoms with van der Waals surface area (Å²) in [6.45, 7) is 1.33. The number of methoxy groups -OCH3 is 1. The Hall–Kier alpha value is -3.64. The number of para-hydroxylation sites is 1. The van der Waals surface area contributed by atoms with Gasteiger partial charge in [0.05, 0.1) is 7.11 Å². The minimum atomic E-state index is -0.435. The number of nitrogens with one attached hydrogen (secondary N) is 2. The van der Waals surface area contributed by atoms with Crippen LogP contribution in [0.25, 0.3) is 0 Å². The lowest BCUT2D eigenvalue weighted by molar-refractivity contribution is -0.123. The number of benzene rings is 3. The molecule has 33 heavy (non-hydrogen) atoms. The summed E-state index contributed by atoms with van der Waals surface area (Å²) in [4.78, 5) is 28.3. The molecule has 3 aromatic carbocycles. The van der Waals surface area contributed by atoms with Crippen molar-refractivity contribution in [2.24, 2.45) is 5.92 Å². The first-order valence-electron chi connectivity index (χ1n) is 11.2. The Morgan fingerprint density at radius 2 is 1.48 bits per heavy atom. The number of likely N-dealkylation sites (tertiary alicyclic amines) is 1. The second-order valence-electron chi connectivity index (χ2n) is 8.20. The number of carbonyl (C=O) groups is 2. The fraction of sp³-hybridized carbons (Fsp3) is 0.259. The van der Waals surface area contributed by atoms with Crippen LogP contribution in [0.1, 0.15) is 24.4 Å². The number of rotatable bonds is 7. The van der Waals surface area contributed by atoms with Gasteiger partial charge in [0, 0.05) is 23.4 Å². The minimum Gasteiger partial charge on any atom is -0.497 e. The van der Waals surface area contributed by atoms with Crippen LogP contribution < -0.4 is 15.4 Å². The highest BCUT2D eigenvalue weighted by Gasteiger charge is 2.33. The maximum atomic E-state index is 13.4. The van der Waals surface area contributed by atoms with E-state index in [1.165, 1.54) is 0 Å². The Bertz CT molecular complexity index is 1060. The number of anilines is 2. The molecule has 3 aromatic rings. The maximum absolute atomic E-state index is 13.4. The lowest BCUT2D eigenvalue weighted by Crippen LogP contribution is -2.44. The molecule has 0 bridgehead atoms. The molecule has 1 aliphatic heterocycles. The topological polar surface area (TPSA) is 70.7 Å². The number of hydrogen-bond donors (Lipinski definition) is 2. The quantitative estimate of drug-likeness (QED) is 0.554. The average molecular weight is 444 g/mol. The van der Waals surface area contributed by atoms with Crippen molar-refractivity contribution >= 4 is 23.2 Å². The van der Waals surface area contributed by atoms with Crippen molar-refractivity contribution in [2.75, 3.05) is 30.8 Å². The molecule has 170 valence electrons. The Morgan fingerprint density at radius 3 is 2.15 bits per heavy atom. The third-order valence-electron chi connectivity index (χ3n) is 6.01. The smallest absolute Gasteiger partial charge is 0.246 e. The molecule has 0 unspecified atom stereocenters. The summed E-state index contributed by atoms with van der Waals surface area (Å²) in [5.41, 5.74) is 2.44. The van der Waals surface area contributed by atoms with Gasteiger partial charge >= 0.3 is 0 Å². The molecule has 0 spiro atoms. The van der Waals surface area contributed by atoms with Crippen LogP contribution in [-0.4, -0.2) is 36.9 Å². The zero-order valence-electron chi connectivity index (χ0n) is 18.7. The number of nitrogens with zero attached hydrogens (tertiary/aromatic N) is 1. The van der Waals surface area contributed by atoms with Crippen LogP contribution in [-0.2, 0) is 9.59 Å². The summed E-state index contributed by atoms with van der Waals surface area (Å²) < 4.78 is 5.28. The molecule has 6 heteroatoms. The van der Waals surface area contributed by atoms with E-state index in [0.29, 0.717) is 37.4 Å². The van der Waals surface area contributed by atoms with Crippen LogP contribution in [0, 0.1) is 5.92 Å². The molecular weight excluding hydrogens is 414 g/mol. The van der Waals surface area contributed by atoms with Gasteiger partial charge in [-0.25, -0.2) is 0 Å². The molecule has 0 saturated carbocycles. The van der Waals surface area contributed by atoms with E-state index in [-0.39, 0.29) is 17.7 Å². The van der Waals surface area contributed by atoms with Crippen molar-refractivity contribution < 1.29 is 14.3 Å². The first kappa shape index (κ1) is 22.6. The van der Waals surface area contributed by atoms with Gasteiger partial charge in [-0.3, -0.25) is 14.5 Å². The Kier molecular flexibility index (Phi) is 7.37. The van der Waals surface area contributed by atoms with E-state index in [1.54, 1.807) is 13.2 Å². The Morgan fingerprint density at radius 1 is 0.848 bits per heavy atom. The minimum absolute atomic E-state index is 0.0398. The standard InChI is InChI=1S/C27H29N3O3/c1-33-24-14-8-13-23(19-24)29-27(32)25(20-9-4-2-5-10-20)30-17-15-21(16-18-30)26(31)28-22-11-6-3-7-12-22/h2-14,19,21,25H,15-18H2,1H3,(H,28,31)(H,29,32)/t25-/m1/s1. The van der Waals surface area contributed by atoms with Gasteiger partial charge in [-0.15, -0.1) is 0 Å². The van der Waals surface area contributed by atoms with E-state index >= 15 is 0 Å². The molecule has 0 aromatic heterocycles. The number of piperidine rings is 1. The largest absolute Gasteiger partial charge is 0.497 e. The summed E-state index contributed by atoms with van der Waals surface area (Å²) in [5.74, 6) is 0.563. The fourth-order valence-electron chi connectivity index (χ4n) is 4.26. The summed E-state index contributed by atoms with van der Waals surface area (Å²) >= 11 is 0. The van der Waals surface area contributed by atoms with Crippen LogP contribution in [0.2, 0.25) is 0 Å². The first-order chi connectivity index (χ1) is 16.1. The molecule has 6 nitrogen and oxygen atoms in total. The SMILES string of the molecule is COc1cccc(NC(=O)[C@@H](c2ccccc2)N2CCC(C(=O)Nc3ccccc3)CC2)c1. The highest BCUT2D eigenvalue weighted by Crippen LogP contribution is 2.29. The van der Waals surface area contributed by atoms with Gasteiger partial charge in [-0.2, -0.15) is 0 Å². The van der Waals surface area contributed by atoms with Crippen LogP contribution in [0.15, 0.2) is 84.9 Å². The van der Waals surface area contributed by atoms with Crippen molar-refractivity contribution in [3.05, 3.63) is 90.5 Å². The lowest BCUT2D eigenvalue weighted by atomic mass is 9.93. The third-order valence-corrected chi connectivity index (χ3v) is 6.01. The van der Waals surface area contributed by atoms with Gasteiger partial charge in [0.1, 0.15) is 11.8 Å². The van der Waals surface area contributed by atoms with E-state index in [2.05, 4.69) is 15.5 Å². The number of hydrogen-bond acceptors (Lipinski definition) is 4. The van der Waals surface area contributed by atoms with Crippen LogP contribution in [0.5, 0.6) is 5.75 Å². The van der Waals surface area contributed by atoms with Gasteiger partial charge in [0.15, 0.2) is 0 Å². The number of amides is 2.